The van der Waals surface area contributed by atoms with Crippen LogP contribution in [-0.2, 0) is 11.2 Å². The molecular formula is C16H22O2S. The summed E-state index contributed by atoms with van der Waals surface area (Å²) in [6.45, 7) is 0. The molecular weight excluding hydrogens is 256 g/mol. The van der Waals surface area contributed by atoms with Crippen molar-refractivity contribution in [2.75, 3.05) is 12.9 Å². The Balaban J connectivity index is 1.80. The van der Waals surface area contributed by atoms with Crippen LogP contribution in [0.3, 0.4) is 0 Å². The number of ether oxygens (including phenoxy) is 1. The van der Waals surface area contributed by atoms with Crippen LogP contribution < -0.4 is 4.74 Å². The molecule has 0 heterocycles. The Labute approximate surface area is 119 Å². The molecule has 19 heavy (non-hydrogen) atoms. The van der Waals surface area contributed by atoms with E-state index in [4.69, 9.17) is 4.74 Å². The highest BCUT2D eigenvalue weighted by atomic mass is 32.2. The molecule has 1 aromatic rings. The molecule has 0 amide bonds. The lowest BCUT2D eigenvalue weighted by atomic mass is 10.0. The summed E-state index contributed by atoms with van der Waals surface area (Å²) in [5.74, 6) is 1.77. The highest BCUT2D eigenvalue weighted by Gasteiger charge is 2.16. The van der Waals surface area contributed by atoms with Crippen molar-refractivity contribution >= 4 is 17.5 Å². The molecule has 104 valence electrons. The van der Waals surface area contributed by atoms with E-state index in [2.05, 4.69) is 0 Å². The summed E-state index contributed by atoms with van der Waals surface area (Å²) in [7, 11) is 1.65. The molecule has 2 rings (SSSR count). The fourth-order valence-corrected chi connectivity index (χ4v) is 3.75. The molecule has 1 saturated carbocycles. The number of hydrogen-bond acceptors (Lipinski definition) is 3. The number of carbonyl (C=O) groups is 1. The molecule has 0 N–H and O–H groups in total. The summed E-state index contributed by atoms with van der Waals surface area (Å²) in [4.78, 5) is 12.0. The summed E-state index contributed by atoms with van der Waals surface area (Å²) in [5, 5.41) is 0.704. The third-order valence-electron chi connectivity index (χ3n) is 3.61. The summed E-state index contributed by atoms with van der Waals surface area (Å²) in [6.07, 6.45) is 7.09. The molecule has 1 aliphatic carbocycles. The topological polar surface area (TPSA) is 26.3 Å². The summed E-state index contributed by atoms with van der Waals surface area (Å²) >= 11 is 1.85. The van der Waals surface area contributed by atoms with Gasteiger partial charge < -0.3 is 4.74 Å². The van der Waals surface area contributed by atoms with Gasteiger partial charge in [-0.05, 0) is 18.9 Å². The molecule has 0 bridgehead atoms. The first kappa shape index (κ1) is 14.4. The van der Waals surface area contributed by atoms with Crippen LogP contribution >= 0.6 is 11.8 Å². The minimum absolute atomic E-state index is 0.306. The van der Waals surface area contributed by atoms with Crippen molar-refractivity contribution in [3.63, 3.8) is 0 Å². The van der Waals surface area contributed by atoms with Crippen LogP contribution in [0.1, 0.15) is 37.7 Å². The third kappa shape index (κ3) is 4.57. The van der Waals surface area contributed by atoms with Gasteiger partial charge in [0.2, 0.25) is 0 Å². The van der Waals surface area contributed by atoms with Gasteiger partial charge in [0.15, 0.2) is 0 Å². The number of hydrogen-bond donors (Lipinski definition) is 0. The molecule has 0 aromatic heterocycles. The highest BCUT2D eigenvalue weighted by Crippen LogP contribution is 2.28. The first-order valence-electron chi connectivity index (χ1n) is 7.05. The maximum Gasteiger partial charge on any atom is 0.147 e. The van der Waals surface area contributed by atoms with E-state index >= 15 is 0 Å². The lowest BCUT2D eigenvalue weighted by Gasteiger charge is -2.20. The molecule has 1 fully saturated rings. The highest BCUT2D eigenvalue weighted by molar-refractivity contribution is 8.00. The maximum atomic E-state index is 12.0. The molecule has 0 unspecified atom stereocenters. The molecule has 0 radical (unpaired) electrons. The Bertz CT molecular complexity index is 411. The van der Waals surface area contributed by atoms with E-state index in [1.165, 1.54) is 32.1 Å². The SMILES string of the molecule is COc1ccccc1CC(=O)CSC1CCCCC1. The lowest BCUT2D eigenvalue weighted by molar-refractivity contribution is -0.116. The van der Waals surface area contributed by atoms with Crippen LogP contribution in [-0.4, -0.2) is 23.9 Å². The monoisotopic (exact) mass is 278 g/mol. The van der Waals surface area contributed by atoms with Crippen LogP contribution in [0.5, 0.6) is 5.75 Å². The van der Waals surface area contributed by atoms with Crippen LogP contribution in [0.15, 0.2) is 24.3 Å². The van der Waals surface area contributed by atoms with E-state index in [9.17, 15) is 4.79 Å². The molecule has 0 atom stereocenters. The van der Waals surface area contributed by atoms with Crippen molar-refractivity contribution in [3.8, 4) is 5.75 Å². The second-order valence-corrected chi connectivity index (χ2v) is 6.39. The fourth-order valence-electron chi connectivity index (χ4n) is 2.56. The van der Waals surface area contributed by atoms with Gasteiger partial charge in [-0.25, -0.2) is 0 Å². The predicted octanol–water partition coefficient (Wildman–Crippen LogP) is 3.87. The standard InChI is InChI=1S/C16H22O2S/c1-18-16-10-6-5-7-13(16)11-14(17)12-19-15-8-3-2-4-9-15/h5-7,10,15H,2-4,8-9,11-12H2,1H3. The second-order valence-electron chi connectivity index (χ2n) is 5.10. The largest absolute Gasteiger partial charge is 0.496 e. The quantitative estimate of drug-likeness (QED) is 0.790. The average molecular weight is 278 g/mol. The fraction of sp³-hybridized carbons (Fsp3) is 0.562. The van der Waals surface area contributed by atoms with Crippen LogP contribution in [0.4, 0.5) is 0 Å². The van der Waals surface area contributed by atoms with Crippen molar-refractivity contribution in [2.24, 2.45) is 0 Å². The Hall–Kier alpha value is -0.960. The number of para-hydroxylation sites is 1. The minimum atomic E-state index is 0.306. The Morgan fingerprint density at radius 2 is 2.00 bits per heavy atom. The first-order valence-corrected chi connectivity index (χ1v) is 8.09. The lowest BCUT2D eigenvalue weighted by Crippen LogP contribution is -2.13. The van der Waals surface area contributed by atoms with Gasteiger partial charge in [-0.2, -0.15) is 11.8 Å². The number of ketones is 1. The predicted molar refractivity (Wildman–Crippen MR) is 81.0 cm³/mol. The summed E-state index contributed by atoms with van der Waals surface area (Å²) in [5.41, 5.74) is 0.999. The van der Waals surface area contributed by atoms with E-state index in [-0.39, 0.29) is 0 Å². The van der Waals surface area contributed by atoms with E-state index in [0.29, 0.717) is 23.2 Å². The van der Waals surface area contributed by atoms with E-state index in [1.807, 2.05) is 36.0 Å². The number of carbonyl (C=O) groups excluding carboxylic acids is 1. The van der Waals surface area contributed by atoms with Crippen molar-refractivity contribution < 1.29 is 9.53 Å². The van der Waals surface area contributed by atoms with Crippen molar-refractivity contribution in [2.45, 2.75) is 43.8 Å². The van der Waals surface area contributed by atoms with Gasteiger partial charge in [0.1, 0.15) is 11.5 Å². The zero-order valence-electron chi connectivity index (χ0n) is 11.6. The Morgan fingerprint density at radius 3 is 2.74 bits per heavy atom. The van der Waals surface area contributed by atoms with Crippen molar-refractivity contribution in [1.29, 1.82) is 0 Å². The van der Waals surface area contributed by atoms with Gasteiger partial charge >= 0.3 is 0 Å². The number of methoxy groups -OCH3 is 1. The van der Waals surface area contributed by atoms with E-state index in [0.717, 1.165) is 11.3 Å². The first-order chi connectivity index (χ1) is 9.29. The zero-order chi connectivity index (χ0) is 13.5. The van der Waals surface area contributed by atoms with Crippen LogP contribution in [0.2, 0.25) is 0 Å². The zero-order valence-corrected chi connectivity index (χ0v) is 12.4. The molecule has 0 saturated heterocycles. The van der Waals surface area contributed by atoms with E-state index in [1.54, 1.807) is 7.11 Å². The van der Waals surface area contributed by atoms with Gasteiger partial charge in [-0.15, -0.1) is 0 Å². The maximum absolute atomic E-state index is 12.0. The van der Waals surface area contributed by atoms with Crippen LogP contribution in [0.25, 0.3) is 0 Å². The summed E-state index contributed by atoms with van der Waals surface area (Å²) < 4.78 is 5.28. The van der Waals surface area contributed by atoms with Gasteiger partial charge in [0, 0.05) is 17.2 Å². The molecule has 1 aliphatic rings. The van der Waals surface area contributed by atoms with Gasteiger partial charge in [0.25, 0.3) is 0 Å². The second kappa shape index (κ2) is 7.59. The summed E-state index contributed by atoms with van der Waals surface area (Å²) in [6, 6.07) is 7.78. The Morgan fingerprint density at radius 1 is 1.26 bits per heavy atom. The molecule has 0 spiro atoms. The third-order valence-corrected chi connectivity index (χ3v) is 5.04. The van der Waals surface area contributed by atoms with Crippen molar-refractivity contribution in [1.82, 2.24) is 0 Å². The van der Waals surface area contributed by atoms with Crippen molar-refractivity contribution in [3.05, 3.63) is 29.8 Å². The number of rotatable bonds is 6. The van der Waals surface area contributed by atoms with Gasteiger partial charge in [0.05, 0.1) is 12.9 Å². The number of benzene rings is 1. The Kier molecular flexibility index (Phi) is 5.77. The van der Waals surface area contributed by atoms with Crippen LogP contribution in [0, 0.1) is 0 Å². The number of Topliss-reactive ketones (excluding diaryl/α,β-unsaturated/α-hetero) is 1. The average Bonchev–Trinajstić information content (AvgIpc) is 2.47. The molecule has 0 aliphatic heterocycles. The number of thioether (sulfide) groups is 1. The normalized spacial score (nSPS) is 16.3. The van der Waals surface area contributed by atoms with Gasteiger partial charge in [-0.1, -0.05) is 37.5 Å². The molecule has 3 heteroatoms. The van der Waals surface area contributed by atoms with Gasteiger partial charge in [-0.3, -0.25) is 4.79 Å². The van der Waals surface area contributed by atoms with E-state index < -0.39 is 0 Å². The smallest absolute Gasteiger partial charge is 0.147 e. The molecule has 2 nitrogen and oxygen atoms in total. The molecule has 1 aromatic carbocycles. The minimum Gasteiger partial charge on any atom is -0.496 e.